The predicted molar refractivity (Wildman–Crippen MR) is 263 cm³/mol. The fraction of sp³-hybridized carbons (Fsp3) is 0.276. The molecule has 0 fully saturated rings. The van der Waals surface area contributed by atoms with Gasteiger partial charge in [-0.3, -0.25) is 9.55 Å². The number of pyridine rings is 1. The Morgan fingerprint density at radius 1 is 0.484 bits per heavy atom. The molecule has 0 aliphatic carbocycles. The number of fused-ring (bicyclic) bond motifs is 1. The first-order valence-electron chi connectivity index (χ1n) is 29.5. The summed E-state index contributed by atoms with van der Waals surface area (Å²) in [7, 11) is 0. The lowest BCUT2D eigenvalue weighted by Crippen LogP contribution is -2.18. The van der Waals surface area contributed by atoms with Gasteiger partial charge in [0.2, 0.25) is 0 Å². The number of aromatic hydroxyl groups is 1. The van der Waals surface area contributed by atoms with E-state index in [0.717, 1.165) is 39.4 Å². The van der Waals surface area contributed by atoms with E-state index in [0.29, 0.717) is 39.7 Å². The van der Waals surface area contributed by atoms with Crippen molar-refractivity contribution in [1.82, 2.24) is 14.5 Å². The molecule has 0 saturated carbocycles. The standard InChI is InChI=1S/C58H61N3O/c1-55(2,3)43-31-41(30-42(32-43)49-34-40(28-29-59-49)38-22-17-14-18-23-38)45-24-19-25-51-52(45)60-54(46-35-44(56(4,5)6)36-48(53(46)62)58(10,11)12)61(51)50-27-26-39(33-47(50)57(7,8)9)37-20-15-13-16-21-37/h13-36,62H,1-12H3/i4D3,5D3,6D3,10D3,11D3,12D3. The van der Waals surface area contributed by atoms with Crippen molar-refractivity contribution < 1.29 is 29.8 Å². The number of imidazole rings is 1. The lowest BCUT2D eigenvalue weighted by molar-refractivity contribution is 0.446. The normalized spacial score (nSPS) is 18.1. The number of phenolic OH excluding ortho intramolecular Hbond substituents is 1. The molecular weight excluding hydrogens is 755 g/mol. The van der Waals surface area contributed by atoms with Crippen LogP contribution in [0.5, 0.6) is 5.75 Å². The Balaban J connectivity index is 1.61. The summed E-state index contributed by atoms with van der Waals surface area (Å²) in [5, 5.41) is 13.0. The van der Waals surface area contributed by atoms with Crippen LogP contribution < -0.4 is 0 Å². The third-order valence-corrected chi connectivity index (χ3v) is 11.3. The summed E-state index contributed by atoms with van der Waals surface area (Å²) >= 11 is 0. The second-order valence-electron chi connectivity index (χ2n) is 18.1. The van der Waals surface area contributed by atoms with Gasteiger partial charge in [0, 0.05) is 47.6 Å². The van der Waals surface area contributed by atoms with Crippen molar-refractivity contribution >= 4 is 11.0 Å². The lowest BCUT2D eigenvalue weighted by Gasteiger charge is -2.28. The maximum Gasteiger partial charge on any atom is 0.149 e. The zero-order chi connectivity index (χ0) is 59.4. The van der Waals surface area contributed by atoms with Gasteiger partial charge in [0.25, 0.3) is 0 Å². The summed E-state index contributed by atoms with van der Waals surface area (Å²) < 4.78 is 159. The van der Waals surface area contributed by atoms with Crippen LogP contribution in [-0.2, 0) is 21.7 Å². The molecule has 0 unspecified atom stereocenters. The Bertz CT molecular complexity index is 3540. The van der Waals surface area contributed by atoms with Crippen molar-refractivity contribution in [3.63, 3.8) is 0 Å². The van der Waals surface area contributed by atoms with E-state index in [4.69, 9.17) is 34.6 Å². The van der Waals surface area contributed by atoms with Crippen molar-refractivity contribution in [3.8, 4) is 67.5 Å². The van der Waals surface area contributed by atoms with Crippen LogP contribution in [0.1, 0.15) is 130 Å². The van der Waals surface area contributed by atoms with Gasteiger partial charge in [-0.15, -0.1) is 0 Å². The first-order valence-corrected chi connectivity index (χ1v) is 20.5. The zero-order valence-electron chi connectivity index (χ0n) is 53.6. The number of phenols is 1. The molecule has 0 bridgehead atoms. The Morgan fingerprint density at radius 2 is 1.11 bits per heavy atom. The van der Waals surface area contributed by atoms with Crippen LogP contribution in [0.2, 0.25) is 0 Å². The van der Waals surface area contributed by atoms with Crippen LogP contribution in [0.4, 0.5) is 0 Å². The molecule has 62 heavy (non-hydrogen) atoms. The van der Waals surface area contributed by atoms with Gasteiger partial charge in [-0.2, -0.15) is 0 Å². The number of aromatic nitrogens is 3. The number of hydrogen-bond donors (Lipinski definition) is 1. The van der Waals surface area contributed by atoms with Gasteiger partial charge < -0.3 is 5.11 Å². The molecule has 0 aliphatic heterocycles. The highest BCUT2D eigenvalue weighted by Gasteiger charge is 2.30. The molecule has 314 valence electrons. The average Bonchev–Trinajstić information content (AvgIpc) is 3.72. The molecule has 6 aromatic carbocycles. The highest BCUT2D eigenvalue weighted by Crippen LogP contribution is 2.46. The second kappa shape index (κ2) is 15.6. The maximum atomic E-state index is 13.0. The molecule has 4 heteroatoms. The van der Waals surface area contributed by atoms with Crippen LogP contribution >= 0.6 is 0 Å². The zero-order valence-corrected chi connectivity index (χ0v) is 35.6. The number of para-hydroxylation sites is 1. The Labute approximate surface area is 394 Å². The van der Waals surface area contributed by atoms with Crippen molar-refractivity contribution in [2.75, 3.05) is 0 Å². The molecule has 0 saturated heterocycles. The van der Waals surface area contributed by atoms with Gasteiger partial charge in [0.05, 0.1) is 28.0 Å². The summed E-state index contributed by atoms with van der Waals surface area (Å²) in [6, 6.07) is 40.9. The van der Waals surface area contributed by atoms with Crippen molar-refractivity contribution in [2.24, 2.45) is 0 Å². The smallest absolute Gasteiger partial charge is 0.149 e. The minimum absolute atomic E-state index is 0.200. The Hall–Kier alpha value is -6.26. The van der Waals surface area contributed by atoms with Gasteiger partial charge in [-0.05, 0) is 115 Å². The fourth-order valence-corrected chi connectivity index (χ4v) is 7.97. The Kier molecular flexibility index (Phi) is 6.44. The molecule has 0 spiro atoms. The maximum absolute atomic E-state index is 13.0. The first-order chi connectivity index (χ1) is 36.7. The minimum Gasteiger partial charge on any atom is -0.507 e. The largest absolute Gasteiger partial charge is 0.507 e. The van der Waals surface area contributed by atoms with Gasteiger partial charge >= 0.3 is 0 Å². The van der Waals surface area contributed by atoms with E-state index >= 15 is 0 Å². The van der Waals surface area contributed by atoms with E-state index < -0.39 is 85.2 Å². The molecule has 0 radical (unpaired) electrons. The molecule has 8 rings (SSSR count). The fourth-order valence-electron chi connectivity index (χ4n) is 7.97. The van der Waals surface area contributed by atoms with Crippen molar-refractivity contribution in [1.29, 1.82) is 0 Å². The van der Waals surface area contributed by atoms with Crippen LogP contribution in [0, 0.1) is 0 Å². The number of rotatable bonds is 6. The molecule has 0 aliphatic rings. The third-order valence-electron chi connectivity index (χ3n) is 11.3. The summed E-state index contributed by atoms with van der Waals surface area (Å²) in [5.41, 5.74) is -4.36. The molecule has 0 amide bonds. The van der Waals surface area contributed by atoms with E-state index in [1.165, 1.54) is 0 Å². The number of hydrogen-bond acceptors (Lipinski definition) is 3. The highest BCUT2D eigenvalue weighted by atomic mass is 16.3. The quantitative estimate of drug-likeness (QED) is 0.182. The summed E-state index contributed by atoms with van der Waals surface area (Å²) in [4.78, 5) is 10.0. The number of nitrogens with zero attached hydrogens (tertiary/aromatic N) is 3. The SMILES string of the molecule is [2H]C([2H])([2H])C(c1cc(-c2nc3c(-c4cc(-c5cc(-c6ccccc6)ccn5)cc(C(C)(C)C)c4)cccc3n2-c2ccc(-c3ccccc3)cc2C(C)(C)C)c(O)c(C(C([2H])([2H])[2H])(C([2H])([2H])[2H])C([2H])([2H])[2H])c1)(C([2H])([2H])[2H])C([2H])([2H])[2H]. The van der Waals surface area contributed by atoms with Crippen molar-refractivity contribution in [3.05, 3.63) is 168 Å². The van der Waals surface area contributed by atoms with Gasteiger partial charge in [0.15, 0.2) is 0 Å². The van der Waals surface area contributed by atoms with E-state index in [1.54, 1.807) is 35.0 Å². The van der Waals surface area contributed by atoms with Gasteiger partial charge in [0.1, 0.15) is 11.6 Å². The second-order valence-corrected chi connectivity index (χ2v) is 18.1. The molecule has 1 N–H and O–H groups in total. The predicted octanol–water partition coefficient (Wildman–Crippen LogP) is 15.7. The molecule has 2 heterocycles. The van der Waals surface area contributed by atoms with Crippen LogP contribution in [0.25, 0.3) is 72.7 Å². The Morgan fingerprint density at radius 3 is 1.74 bits per heavy atom. The van der Waals surface area contributed by atoms with Crippen LogP contribution in [0.3, 0.4) is 0 Å². The van der Waals surface area contributed by atoms with E-state index in [2.05, 4.69) is 0 Å². The highest BCUT2D eigenvalue weighted by molar-refractivity contribution is 5.97. The number of benzene rings is 6. The molecule has 0 atom stereocenters. The van der Waals surface area contributed by atoms with Crippen LogP contribution in [-0.4, -0.2) is 19.6 Å². The van der Waals surface area contributed by atoms with E-state index in [9.17, 15) is 5.11 Å². The van der Waals surface area contributed by atoms with Crippen molar-refractivity contribution in [2.45, 2.75) is 104 Å². The molecule has 2 aromatic heterocycles. The summed E-state index contributed by atoms with van der Waals surface area (Å²) in [6.45, 7) is -12.5. The van der Waals surface area contributed by atoms with Gasteiger partial charge in [-0.25, -0.2) is 4.98 Å². The van der Waals surface area contributed by atoms with Crippen LogP contribution in [0.15, 0.2) is 146 Å². The molecular formula is C58H61N3O. The lowest BCUT2D eigenvalue weighted by atomic mass is 9.78. The summed E-state index contributed by atoms with van der Waals surface area (Å²) in [5.74, 6) is -1.73. The first kappa shape index (κ1) is 25.6. The molecule has 8 aromatic rings. The molecule has 4 nitrogen and oxygen atoms in total. The average molecular weight is 834 g/mol. The summed E-state index contributed by atoms with van der Waals surface area (Å²) in [6.07, 6.45) is 1.72. The van der Waals surface area contributed by atoms with E-state index in [1.807, 2.05) is 145 Å². The minimum atomic E-state index is -4.13. The third kappa shape index (κ3) is 8.23. The monoisotopic (exact) mass is 834 g/mol. The van der Waals surface area contributed by atoms with Gasteiger partial charge in [-0.1, -0.05) is 174 Å². The van der Waals surface area contributed by atoms with E-state index in [-0.39, 0.29) is 11.3 Å². The topological polar surface area (TPSA) is 50.9 Å².